The molecule has 0 spiro atoms. The Morgan fingerprint density at radius 3 is 2.35 bits per heavy atom. The minimum atomic E-state index is -3.31. The molecule has 0 unspecified atom stereocenters. The average Bonchev–Trinajstić information content (AvgIpc) is 2.40. The minimum Gasteiger partial charge on any atom is -0.219 e. The number of allylic oxidation sites excluding steroid dienone is 3. The van der Waals surface area contributed by atoms with E-state index in [4.69, 9.17) is 0 Å². The third kappa shape index (κ3) is 2.50. The van der Waals surface area contributed by atoms with E-state index < -0.39 is 9.84 Å². The highest BCUT2D eigenvalue weighted by Gasteiger charge is 2.19. The van der Waals surface area contributed by atoms with Crippen molar-refractivity contribution in [2.45, 2.75) is 31.1 Å². The fraction of sp³-hybridized carbons (Fsp3) is 0.286. The summed E-state index contributed by atoms with van der Waals surface area (Å²) < 4.78 is 24.5. The van der Waals surface area contributed by atoms with Crippen LogP contribution in [0.1, 0.15) is 25.3 Å². The van der Waals surface area contributed by atoms with Gasteiger partial charge in [-0.2, -0.15) is 0 Å². The van der Waals surface area contributed by atoms with Crippen LogP contribution >= 0.6 is 0 Å². The molecule has 2 nitrogen and oxygen atoms in total. The molecule has 0 radical (unpaired) electrons. The summed E-state index contributed by atoms with van der Waals surface area (Å²) in [6.07, 6.45) is 8.05. The van der Waals surface area contributed by atoms with Gasteiger partial charge >= 0.3 is 0 Å². The molecule has 1 aromatic rings. The first kappa shape index (κ1) is 12.1. The lowest BCUT2D eigenvalue weighted by Crippen LogP contribution is -2.04. The lowest BCUT2D eigenvalue weighted by Gasteiger charge is -2.09. The van der Waals surface area contributed by atoms with E-state index in [9.17, 15) is 8.42 Å². The second-order valence-corrected chi connectivity index (χ2v) is 6.04. The van der Waals surface area contributed by atoms with Gasteiger partial charge in [-0.3, -0.25) is 0 Å². The van der Waals surface area contributed by atoms with Crippen LogP contribution in [0.25, 0.3) is 0 Å². The van der Waals surface area contributed by atoms with Crippen LogP contribution in [0, 0.1) is 0 Å². The van der Waals surface area contributed by atoms with Crippen molar-refractivity contribution < 1.29 is 8.42 Å². The van der Waals surface area contributed by atoms with Crippen molar-refractivity contribution in [2.75, 3.05) is 0 Å². The SMILES string of the molecule is CCc1ccc(S(=O)(=O)C2=CCCC=C2)cc1. The van der Waals surface area contributed by atoms with Gasteiger partial charge < -0.3 is 0 Å². The Morgan fingerprint density at radius 1 is 1.12 bits per heavy atom. The van der Waals surface area contributed by atoms with Crippen LogP contribution in [0.15, 0.2) is 52.3 Å². The molecule has 1 aliphatic rings. The number of rotatable bonds is 3. The fourth-order valence-corrected chi connectivity index (χ4v) is 3.21. The summed E-state index contributed by atoms with van der Waals surface area (Å²) in [5.74, 6) is 0. The second kappa shape index (κ2) is 4.88. The number of aryl methyl sites for hydroxylation is 1. The van der Waals surface area contributed by atoms with Crippen molar-refractivity contribution in [1.82, 2.24) is 0 Å². The van der Waals surface area contributed by atoms with Gasteiger partial charge in [0.15, 0.2) is 0 Å². The van der Waals surface area contributed by atoms with Gasteiger partial charge in [0, 0.05) is 0 Å². The highest BCUT2D eigenvalue weighted by molar-refractivity contribution is 7.95. The number of benzene rings is 1. The largest absolute Gasteiger partial charge is 0.219 e. The molecule has 0 aliphatic heterocycles. The van der Waals surface area contributed by atoms with Crippen molar-refractivity contribution in [3.05, 3.63) is 53.0 Å². The molecule has 0 aromatic heterocycles. The molecule has 3 heteroatoms. The topological polar surface area (TPSA) is 34.1 Å². The van der Waals surface area contributed by atoms with Crippen LogP contribution in [0.3, 0.4) is 0 Å². The standard InChI is InChI=1S/C14H16O2S/c1-2-12-8-10-14(11-9-12)17(15,16)13-6-4-3-5-7-13/h4,6-11H,2-3,5H2,1H3. The van der Waals surface area contributed by atoms with Crippen molar-refractivity contribution >= 4 is 9.84 Å². The first-order chi connectivity index (χ1) is 8.14. The van der Waals surface area contributed by atoms with Crippen molar-refractivity contribution in [3.63, 3.8) is 0 Å². The van der Waals surface area contributed by atoms with Gasteiger partial charge in [-0.1, -0.05) is 31.2 Å². The summed E-state index contributed by atoms with van der Waals surface area (Å²) >= 11 is 0. The maximum absolute atomic E-state index is 12.3. The predicted molar refractivity (Wildman–Crippen MR) is 69.5 cm³/mol. The van der Waals surface area contributed by atoms with E-state index in [0.29, 0.717) is 9.80 Å². The summed E-state index contributed by atoms with van der Waals surface area (Å²) in [6.45, 7) is 2.05. The lowest BCUT2D eigenvalue weighted by atomic mass is 10.2. The van der Waals surface area contributed by atoms with Gasteiger partial charge in [-0.05, 0) is 43.0 Å². The molecular formula is C14H16O2S. The predicted octanol–water partition coefficient (Wildman–Crippen LogP) is 3.26. The quantitative estimate of drug-likeness (QED) is 0.822. The number of sulfone groups is 1. The molecule has 0 bridgehead atoms. The van der Waals surface area contributed by atoms with E-state index in [-0.39, 0.29) is 0 Å². The summed E-state index contributed by atoms with van der Waals surface area (Å²) in [5, 5.41) is 0. The van der Waals surface area contributed by atoms with Crippen LogP contribution in [-0.4, -0.2) is 8.42 Å². The Bertz CT molecular complexity index is 548. The molecule has 0 N–H and O–H groups in total. The van der Waals surface area contributed by atoms with E-state index >= 15 is 0 Å². The van der Waals surface area contributed by atoms with Gasteiger partial charge in [-0.25, -0.2) is 8.42 Å². The molecule has 0 fully saturated rings. The molecule has 1 aliphatic carbocycles. The van der Waals surface area contributed by atoms with Crippen molar-refractivity contribution in [2.24, 2.45) is 0 Å². The zero-order valence-corrected chi connectivity index (χ0v) is 10.7. The lowest BCUT2D eigenvalue weighted by molar-refractivity contribution is 0.602. The second-order valence-electron chi connectivity index (χ2n) is 4.09. The van der Waals surface area contributed by atoms with E-state index in [0.717, 1.165) is 24.8 Å². The first-order valence-electron chi connectivity index (χ1n) is 5.85. The highest BCUT2D eigenvalue weighted by atomic mass is 32.2. The molecule has 0 saturated carbocycles. The summed E-state index contributed by atoms with van der Waals surface area (Å²) in [6, 6.07) is 7.13. The number of hydrogen-bond donors (Lipinski definition) is 0. The Morgan fingerprint density at radius 2 is 1.82 bits per heavy atom. The number of hydrogen-bond acceptors (Lipinski definition) is 2. The Labute approximate surface area is 103 Å². The van der Waals surface area contributed by atoms with Gasteiger partial charge in [0.1, 0.15) is 0 Å². The minimum absolute atomic E-state index is 0.382. The average molecular weight is 248 g/mol. The molecule has 2 rings (SSSR count). The van der Waals surface area contributed by atoms with E-state index in [1.807, 2.05) is 18.2 Å². The van der Waals surface area contributed by atoms with Crippen molar-refractivity contribution in [3.8, 4) is 0 Å². The van der Waals surface area contributed by atoms with Gasteiger partial charge in [-0.15, -0.1) is 0 Å². The van der Waals surface area contributed by atoms with E-state index in [1.165, 1.54) is 0 Å². The maximum atomic E-state index is 12.3. The molecule has 0 atom stereocenters. The van der Waals surface area contributed by atoms with Crippen LogP contribution in [0.5, 0.6) is 0 Å². The zero-order chi connectivity index (χ0) is 12.3. The molecule has 0 amide bonds. The summed E-state index contributed by atoms with van der Waals surface area (Å²) in [7, 11) is -3.31. The smallest absolute Gasteiger partial charge is 0.206 e. The third-order valence-electron chi connectivity index (χ3n) is 2.91. The van der Waals surface area contributed by atoms with Crippen LogP contribution in [0.4, 0.5) is 0 Å². The molecular weight excluding hydrogens is 232 g/mol. The molecule has 0 heterocycles. The molecule has 17 heavy (non-hydrogen) atoms. The van der Waals surface area contributed by atoms with Gasteiger partial charge in [0.2, 0.25) is 9.84 Å². The highest BCUT2D eigenvalue weighted by Crippen LogP contribution is 2.24. The zero-order valence-electron chi connectivity index (χ0n) is 9.89. The summed E-state index contributed by atoms with van der Waals surface area (Å²) in [5.41, 5.74) is 1.15. The van der Waals surface area contributed by atoms with Crippen LogP contribution in [-0.2, 0) is 16.3 Å². The Kier molecular flexibility index (Phi) is 3.48. The monoisotopic (exact) mass is 248 g/mol. The van der Waals surface area contributed by atoms with Crippen LogP contribution in [0.2, 0.25) is 0 Å². The fourth-order valence-electron chi connectivity index (χ4n) is 1.83. The Balaban J connectivity index is 2.37. The van der Waals surface area contributed by atoms with E-state index in [2.05, 4.69) is 6.92 Å². The maximum Gasteiger partial charge on any atom is 0.206 e. The molecule has 90 valence electrons. The van der Waals surface area contributed by atoms with Gasteiger partial charge in [0.25, 0.3) is 0 Å². The molecule has 0 saturated heterocycles. The Hall–Kier alpha value is -1.35. The third-order valence-corrected chi connectivity index (χ3v) is 4.73. The first-order valence-corrected chi connectivity index (χ1v) is 7.33. The van der Waals surface area contributed by atoms with Crippen molar-refractivity contribution in [1.29, 1.82) is 0 Å². The molecule has 1 aromatic carbocycles. The summed E-state index contributed by atoms with van der Waals surface area (Å²) in [4.78, 5) is 0.806. The normalized spacial score (nSPS) is 15.7. The van der Waals surface area contributed by atoms with Crippen LogP contribution < -0.4 is 0 Å². The van der Waals surface area contributed by atoms with E-state index in [1.54, 1.807) is 24.3 Å². The van der Waals surface area contributed by atoms with Gasteiger partial charge in [0.05, 0.1) is 9.80 Å².